The summed E-state index contributed by atoms with van der Waals surface area (Å²) in [6.45, 7) is 2.78. The molecular formula is C11H14ClN5. The van der Waals surface area contributed by atoms with Crippen LogP contribution in [0.1, 0.15) is 18.4 Å². The molecule has 0 aromatic carbocycles. The second-order valence-corrected chi connectivity index (χ2v) is 3.99. The second kappa shape index (κ2) is 5.63. The zero-order chi connectivity index (χ0) is 12.1. The fourth-order valence-electron chi connectivity index (χ4n) is 1.46. The number of nitrogens with one attached hydrogen (secondary N) is 2. The number of hydrogen-bond donors (Lipinski definition) is 2. The number of aryl methyl sites for hydroxylation is 1. The first kappa shape index (κ1) is 11.9. The first-order valence-electron chi connectivity index (χ1n) is 5.52. The fraction of sp³-hybridized carbons (Fsp3) is 0.364. The third kappa shape index (κ3) is 3.42. The van der Waals surface area contributed by atoms with Crippen LogP contribution in [0.25, 0.3) is 0 Å². The van der Waals surface area contributed by atoms with Gasteiger partial charge in [0.1, 0.15) is 16.8 Å². The Labute approximate surface area is 105 Å². The number of halogens is 1. The average molecular weight is 252 g/mol. The standard InChI is InChI=1S/C11H14ClN5/c1-2-10-16-9(12)5-11(17-10)14-4-3-8-6-13-7-15-8/h5-7H,2-4H2,1H3,(H,13,15)(H,14,16,17). The van der Waals surface area contributed by atoms with Gasteiger partial charge in [0.25, 0.3) is 0 Å². The molecule has 0 saturated heterocycles. The van der Waals surface area contributed by atoms with E-state index < -0.39 is 0 Å². The topological polar surface area (TPSA) is 66.5 Å². The van der Waals surface area contributed by atoms with Gasteiger partial charge in [-0.2, -0.15) is 0 Å². The molecule has 2 aromatic rings. The van der Waals surface area contributed by atoms with E-state index in [1.54, 1.807) is 12.4 Å². The fourth-order valence-corrected chi connectivity index (χ4v) is 1.66. The number of H-pyrrole nitrogens is 1. The number of imidazole rings is 1. The molecule has 0 fully saturated rings. The Morgan fingerprint density at radius 2 is 2.29 bits per heavy atom. The molecule has 0 aliphatic carbocycles. The van der Waals surface area contributed by atoms with Crippen LogP contribution in [0.2, 0.25) is 5.15 Å². The molecule has 0 aliphatic rings. The minimum atomic E-state index is 0.473. The summed E-state index contributed by atoms with van der Waals surface area (Å²) < 4.78 is 0. The Kier molecular flexibility index (Phi) is 3.93. The lowest BCUT2D eigenvalue weighted by atomic mass is 10.3. The highest BCUT2D eigenvalue weighted by Gasteiger charge is 2.01. The molecule has 0 amide bonds. The maximum Gasteiger partial charge on any atom is 0.134 e. The summed E-state index contributed by atoms with van der Waals surface area (Å²) in [6.07, 6.45) is 5.12. The van der Waals surface area contributed by atoms with Gasteiger partial charge < -0.3 is 10.3 Å². The zero-order valence-corrected chi connectivity index (χ0v) is 10.3. The minimum absolute atomic E-state index is 0.473. The van der Waals surface area contributed by atoms with Gasteiger partial charge in [0.2, 0.25) is 0 Å². The quantitative estimate of drug-likeness (QED) is 0.799. The largest absolute Gasteiger partial charge is 0.370 e. The van der Waals surface area contributed by atoms with Crippen molar-refractivity contribution in [2.75, 3.05) is 11.9 Å². The van der Waals surface area contributed by atoms with E-state index in [0.717, 1.165) is 36.7 Å². The summed E-state index contributed by atoms with van der Waals surface area (Å²) in [5.74, 6) is 1.52. The van der Waals surface area contributed by atoms with Gasteiger partial charge in [0, 0.05) is 37.3 Å². The molecular weight excluding hydrogens is 238 g/mol. The predicted molar refractivity (Wildman–Crippen MR) is 67.2 cm³/mol. The number of aromatic nitrogens is 4. The van der Waals surface area contributed by atoms with E-state index >= 15 is 0 Å². The lowest BCUT2D eigenvalue weighted by Gasteiger charge is -2.06. The van der Waals surface area contributed by atoms with E-state index in [2.05, 4.69) is 25.3 Å². The molecule has 90 valence electrons. The van der Waals surface area contributed by atoms with Crippen LogP contribution in [0.4, 0.5) is 5.82 Å². The molecule has 0 atom stereocenters. The van der Waals surface area contributed by atoms with E-state index in [-0.39, 0.29) is 0 Å². The van der Waals surface area contributed by atoms with E-state index in [0.29, 0.717) is 5.15 Å². The third-order valence-corrected chi connectivity index (χ3v) is 2.51. The van der Waals surface area contributed by atoms with Crippen molar-refractivity contribution in [3.63, 3.8) is 0 Å². The maximum absolute atomic E-state index is 5.90. The number of nitrogens with zero attached hydrogens (tertiary/aromatic N) is 3. The Balaban J connectivity index is 1.92. The lowest BCUT2D eigenvalue weighted by molar-refractivity contribution is 0.918. The lowest BCUT2D eigenvalue weighted by Crippen LogP contribution is -2.08. The van der Waals surface area contributed by atoms with Crippen LogP contribution < -0.4 is 5.32 Å². The maximum atomic E-state index is 5.90. The van der Waals surface area contributed by atoms with Crippen molar-refractivity contribution >= 4 is 17.4 Å². The third-order valence-electron chi connectivity index (χ3n) is 2.31. The molecule has 2 rings (SSSR count). The van der Waals surface area contributed by atoms with Crippen molar-refractivity contribution in [3.05, 3.63) is 35.3 Å². The monoisotopic (exact) mass is 251 g/mol. The number of hydrogen-bond acceptors (Lipinski definition) is 4. The van der Waals surface area contributed by atoms with Crippen molar-refractivity contribution in [2.45, 2.75) is 19.8 Å². The molecule has 0 spiro atoms. The van der Waals surface area contributed by atoms with Gasteiger partial charge >= 0.3 is 0 Å². The highest BCUT2D eigenvalue weighted by atomic mass is 35.5. The second-order valence-electron chi connectivity index (χ2n) is 3.60. The SMILES string of the molecule is CCc1nc(Cl)cc(NCCc2cnc[nH]2)n1. The molecule has 0 aliphatic heterocycles. The summed E-state index contributed by atoms with van der Waals surface area (Å²) in [5, 5.41) is 3.69. The predicted octanol–water partition coefficient (Wildman–Crippen LogP) is 2.07. The highest BCUT2D eigenvalue weighted by Crippen LogP contribution is 2.11. The summed E-state index contributed by atoms with van der Waals surface area (Å²) >= 11 is 5.90. The number of anilines is 1. The Morgan fingerprint density at radius 3 is 3.00 bits per heavy atom. The van der Waals surface area contributed by atoms with Gasteiger partial charge in [-0.15, -0.1) is 0 Å². The van der Waals surface area contributed by atoms with Crippen LogP contribution >= 0.6 is 11.6 Å². The van der Waals surface area contributed by atoms with E-state index in [9.17, 15) is 0 Å². The van der Waals surface area contributed by atoms with Gasteiger partial charge in [-0.3, -0.25) is 0 Å². The van der Waals surface area contributed by atoms with Gasteiger partial charge in [0.15, 0.2) is 0 Å². The van der Waals surface area contributed by atoms with Crippen LogP contribution in [0, 0.1) is 0 Å². The number of aromatic amines is 1. The molecule has 2 heterocycles. The van der Waals surface area contributed by atoms with E-state index in [1.165, 1.54) is 0 Å². The van der Waals surface area contributed by atoms with Crippen LogP contribution in [0.15, 0.2) is 18.6 Å². The highest BCUT2D eigenvalue weighted by molar-refractivity contribution is 6.29. The van der Waals surface area contributed by atoms with Gasteiger partial charge in [-0.1, -0.05) is 18.5 Å². The Morgan fingerprint density at radius 1 is 1.41 bits per heavy atom. The summed E-state index contributed by atoms with van der Waals surface area (Å²) in [7, 11) is 0. The summed E-state index contributed by atoms with van der Waals surface area (Å²) in [5.41, 5.74) is 1.09. The smallest absolute Gasteiger partial charge is 0.134 e. The molecule has 0 radical (unpaired) electrons. The molecule has 5 nitrogen and oxygen atoms in total. The Bertz CT molecular complexity index is 469. The summed E-state index contributed by atoms with van der Waals surface area (Å²) in [4.78, 5) is 15.5. The molecule has 6 heteroatoms. The van der Waals surface area contributed by atoms with Crippen molar-refractivity contribution in [2.24, 2.45) is 0 Å². The average Bonchev–Trinajstić information content (AvgIpc) is 2.81. The molecule has 17 heavy (non-hydrogen) atoms. The van der Waals surface area contributed by atoms with Crippen molar-refractivity contribution in [3.8, 4) is 0 Å². The van der Waals surface area contributed by atoms with Gasteiger partial charge in [0.05, 0.1) is 6.33 Å². The molecule has 0 saturated carbocycles. The van der Waals surface area contributed by atoms with Crippen LogP contribution in [-0.4, -0.2) is 26.5 Å². The van der Waals surface area contributed by atoms with Gasteiger partial charge in [-0.05, 0) is 0 Å². The molecule has 0 bridgehead atoms. The van der Waals surface area contributed by atoms with Crippen LogP contribution in [0.5, 0.6) is 0 Å². The molecule has 2 aromatic heterocycles. The molecule has 2 N–H and O–H groups in total. The molecule has 0 unspecified atom stereocenters. The van der Waals surface area contributed by atoms with E-state index in [4.69, 9.17) is 11.6 Å². The Hall–Kier alpha value is -1.62. The first-order valence-corrected chi connectivity index (χ1v) is 5.90. The normalized spacial score (nSPS) is 10.5. The first-order chi connectivity index (χ1) is 8.28. The van der Waals surface area contributed by atoms with Gasteiger partial charge in [-0.25, -0.2) is 15.0 Å². The van der Waals surface area contributed by atoms with Crippen LogP contribution in [0.3, 0.4) is 0 Å². The van der Waals surface area contributed by atoms with Crippen molar-refractivity contribution in [1.82, 2.24) is 19.9 Å². The number of rotatable bonds is 5. The zero-order valence-electron chi connectivity index (χ0n) is 9.57. The summed E-state index contributed by atoms with van der Waals surface area (Å²) in [6, 6.07) is 1.73. The minimum Gasteiger partial charge on any atom is -0.370 e. The van der Waals surface area contributed by atoms with Crippen LogP contribution in [-0.2, 0) is 12.8 Å². The van der Waals surface area contributed by atoms with Crippen molar-refractivity contribution in [1.29, 1.82) is 0 Å². The van der Waals surface area contributed by atoms with E-state index in [1.807, 2.05) is 13.1 Å². The van der Waals surface area contributed by atoms with Crippen molar-refractivity contribution < 1.29 is 0 Å².